The van der Waals surface area contributed by atoms with Crippen LogP contribution in [0, 0.1) is 0 Å². The van der Waals surface area contributed by atoms with Crippen LogP contribution in [0.3, 0.4) is 0 Å². The van der Waals surface area contributed by atoms with Crippen molar-refractivity contribution in [3.8, 4) is 5.75 Å². The number of nitrogens with two attached hydrogens (primary N) is 1. The highest BCUT2D eigenvalue weighted by molar-refractivity contribution is 7.12. The Kier molecular flexibility index (Phi) is 8.07. The lowest BCUT2D eigenvalue weighted by atomic mass is 10.0. The van der Waals surface area contributed by atoms with Crippen LogP contribution < -0.4 is 26.0 Å². The average molecular weight is 538 g/mol. The molecule has 1 aromatic carbocycles. The lowest BCUT2D eigenvalue weighted by Gasteiger charge is -2.36. The first-order valence-corrected chi connectivity index (χ1v) is 12.4. The lowest BCUT2D eigenvalue weighted by Crippen LogP contribution is -2.41. The van der Waals surface area contributed by atoms with Crippen LogP contribution >= 0.6 is 22.9 Å². The van der Waals surface area contributed by atoms with Crippen molar-refractivity contribution in [2.24, 2.45) is 5.73 Å². The number of alkyl halides is 2. The van der Waals surface area contributed by atoms with E-state index < -0.39 is 12.5 Å². The van der Waals surface area contributed by atoms with E-state index in [0.717, 1.165) is 31.6 Å². The van der Waals surface area contributed by atoms with E-state index in [0.29, 0.717) is 16.6 Å². The van der Waals surface area contributed by atoms with E-state index in [1.165, 1.54) is 17.5 Å². The smallest absolute Gasteiger partial charge is 0.387 e. The van der Waals surface area contributed by atoms with Crippen molar-refractivity contribution in [2.45, 2.75) is 25.5 Å². The van der Waals surface area contributed by atoms with E-state index >= 15 is 0 Å². The van der Waals surface area contributed by atoms with Gasteiger partial charge in [0.2, 0.25) is 5.95 Å². The predicted molar refractivity (Wildman–Crippen MR) is 138 cm³/mol. The Morgan fingerprint density at radius 2 is 2.00 bits per heavy atom. The molecule has 0 radical (unpaired) electrons. The van der Waals surface area contributed by atoms with Gasteiger partial charge >= 0.3 is 6.61 Å². The molecule has 4 rings (SSSR count). The van der Waals surface area contributed by atoms with Gasteiger partial charge in [0.15, 0.2) is 11.6 Å². The monoisotopic (exact) mass is 537 g/mol. The lowest BCUT2D eigenvalue weighted by molar-refractivity contribution is -0.0493. The summed E-state index contributed by atoms with van der Waals surface area (Å²) in [4.78, 5) is 24.8. The summed E-state index contributed by atoms with van der Waals surface area (Å²) in [5, 5.41) is 7.79. The number of carbonyl (C=O) groups excluding carboxylic acids is 1. The van der Waals surface area contributed by atoms with Gasteiger partial charge < -0.3 is 30.9 Å². The van der Waals surface area contributed by atoms with Crippen LogP contribution in [-0.2, 0) is 0 Å². The second-order valence-electron chi connectivity index (χ2n) is 8.41. The first-order chi connectivity index (χ1) is 17.2. The largest absolute Gasteiger partial charge is 0.433 e. The third kappa shape index (κ3) is 6.12. The third-order valence-electron chi connectivity index (χ3n) is 5.87. The van der Waals surface area contributed by atoms with Crippen LogP contribution in [0.4, 0.5) is 37.6 Å². The molecule has 0 atom stereocenters. The Morgan fingerprint density at radius 3 is 2.67 bits per heavy atom. The van der Waals surface area contributed by atoms with Gasteiger partial charge in [-0.25, -0.2) is 4.98 Å². The van der Waals surface area contributed by atoms with Crippen molar-refractivity contribution in [3.05, 3.63) is 45.7 Å². The molecule has 36 heavy (non-hydrogen) atoms. The fraction of sp³-hybridized carbons (Fsp3) is 0.348. The summed E-state index contributed by atoms with van der Waals surface area (Å²) in [7, 11) is 4.12. The summed E-state index contributed by atoms with van der Waals surface area (Å²) in [5.74, 6) is -0.307. The van der Waals surface area contributed by atoms with E-state index in [1.54, 1.807) is 23.6 Å². The van der Waals surface area contributed by atoms with Crippen molar-refractivity contribution in [3.63, 3.8) is 0 Å². The highest BCUT2D eigenvalue weighted by Gasteiger charge is 2.22. The number of piperidine rings is 1. The van der Waals surface area contributed by atoms with Gasteiger partial charge in [0.1, 0.15) is 9.90 Å². The standard InChI is InChI=1S/C23H26ClF2N7O2S/c1-32(2)13-5-8-33(9-6-13)14-3-4-16(18(11-14)35-22(25)26)30-23-28-12-15(24)21(31-23)29-17-7-10-36-19(17)20(27)34/h3-4,7,10-13,22H,5-6,8-9H2,1-2H3,(H2,27,34)(H2,28,29,30,31). The molecule has 3 aromatic rings. The van der Waals surface area contributed by atoms with Crippen LogP contribution in [0.15, 0.2) is 35.8 Å². The molecule has 4 N–H and O–H groups in total. The molecule has 2 aromatic heterocycles. The normalized spacial score (nSPS) is 14.4. The summed E-state index contributed by atoms with van der Waals surface area (Å²) in [6.07, 6.45) is 3.31. The summed E-state index contributed by atoms with van der Waals surface area (Å²) >= 11 is 7.40. The summed E-state index contributed by atoms with van der Waals surface area (Å²) in [5.41, 5.74) is 6.91. The first kappa shape index (κ1) is 25.9. The van der Waals surface area contributed by atoms with Gasteiger partial charge in [-0.15, -0.1) is 11.3 Å². The van der Waals surface area contributed by atoms with Gasteiger partial charge in [-0.3, -0.25) is 4.79 Å². The first-order valence-electron chi connectivity index (χ1n) is 11.2. The maximum Gasteiger partial charge on any atom is 0.387 e. The molecule has 9 nitrogen and oxygen atoms in total. The molecule has 1 aliphatic rings. The Bertz CT molecular complexity index is 1220. The number of rotatable bonds is 9. The number of ether oxygens (including phenoxy) is 1. The molecule has 1 saturated heterocycles. The molecule has 3 heterocycles. The number of amides is 1. The number of benzene rings is 1. The maximum absolute atomic E-state index is 13.2. The predicted octanol–water partition coefficient (Wildman–Crippen LogP) is 4.91. The molecular weight excluding hydrogens is 512 g/mol. The van der Waals surface area contributed by atoms with Crippen molar-refractivity contribution in [2.75, 3.05) is 42.7 Å². The number of hydrogen-bond acceptors (Lipinski definition) is 9. The minimum absolute atomic E-state index is 0.0286. The average Bonchev–Trinajstić information content (AvgIpc) is 3.30. The summed E-state index contributed by atoms with van der Waals surface area (Å²) < 4.78 is 31.3. The Balaban J connectivity index is 1.55. The van der Waals surface area contributed by atoms with E-state index in [2.05, 4.69) is 44.5 Å². The Hall–Kier alpha value is -3.22. The Labute approximate surface area is 216 Å². The highest BCUT2D eigenvalue weighted by atomic mass is 35.5. The topological polar surface area (TPSA) is 109 Å². The number of nitrogens with zero attached hydrogens (tertiary/aromatic N) is 4. The molecule has 0 aliphatic carbocycles. The molecule has 1 aliphatic heterocycles. The third-order valence-corrected chi connectivity index (χ3v) is 7.08. The molecule has 13 heteroatoms. The van der Waals surface area contributed by atoms with Crippen molar-refractivity contribution >= 4 is 57.7 Å². The number of carbonyl (C=O) groups is 1. The number of thiophene rings is 1. The van der Waals surface area contributed by atoms with E-state index in [4.69, 9.17) is 22.1 Å². The van der Waals surface area contributed by atoms with E-state index in [9.17, 15) is 13.6 Å². The summed E-state index contributed by atoms with van der Waals surface area (Å²) in [6, 6.07) is 7.25. The molecule has 0 bridgehead atoms. The zero-order valence-corrected chi connectivity index (χ0v) is 21.2. The molecule has 0 unspecified atom stereocenters. The van der Waals surface area contributed by atoms with Crippen LogP contribution in [0.25, 0.3) is 0 Å². The molecule has 0 spiro atoms. The van der Waals surface area contributed by atoms with Crippen LogP contribution in [0.2, 0.25) is 5.02 Å². The Morgan fingerprint density at radius 1 is 1.25 bits per heavy atom. The summed E-state index contributed by atoms with van der Waals surface area (Å²) in [6.45, 7) is -1.38. The number of nitrogens with one attached hydrogen (secondary N) is 2. The van der Waals surface area contributed by atoms with Gasteiger partial charge in [0, 0.05) is 30.9 Å². The fourth-order valence-electron chi connectivity index (χ4n) is 4.01. The van der Waals surface area contributed by atoms with E-state index in [-0.39, 0.29) is 28.2 Å². The molecule has 1 amide bonds. The quantitative estimate of drug-likeness (QED) is 0.353. The second kappa shape index (κ2) is 11.2. The van der Waals surface area contributed by atoms with Gasteiger partial charge in [0.25, 0.3) is 5.91 Å². The van der Waals surface area contributed by atoms with Gasteiger partial charge in [-0.05, 0) is 50.5 Å². The van der Waals surface area contributed by atoms with Crippen molar-refractivity contribution < 1.29 is 18.3 Å². The van der Waals surface area contributed by atoms with Crippen LogP contribution in [-0.4, -0.2) is 60.6 Å². The SMILES string of the molecule is CN(C)C1CCN(c2ccc(Nc3ncc(Cl)c(Nc4ccsc4C(N)=O)n3)c(OC(F)F)c2)CC1. The number of hydrogen-bond donors (Lipinski definition) is 3. The number of primary amides is 1. The van der Waals surface area contributed by atoms with Crippen molar-refractivity contribution in [1.82, 2.24) is 14.9 Å². The molecule has 1 fully saturated rings. The molecule has 0 saturated carbocycles. The minimum atomic E-state index is -3.01. The van der Waals surface area contributed by atoms with Gasteiger partial charge in [-0.2, -0.15) is 13.8 Å². The highest BCUT2D eigenvalue weighted by Crippen LogP contribution is 2.35. The molecular formula is C23H26ClF2N7O2S. The van der Waals surface area contributed by atoms with Crippen LogP contribution in [0.1, 0.15) is 22.5 Å². The minimum Gasteiger partial charge on any atom is -0.433 e. The number of aromatic nitrogens is 2. The second-order valence-corrected chi connectivity index (χ2v) is 9.73. The zero-order chi connectivity index (χ0) is 25.8. The number of halogens is 3. The molecule has 192 valence electrons. The maximum atomic E-state index is 13.2. The fourth-order valence-corrected chi connectivity index (χ4v) is 4.85. The zero-order valence-electron chi connectivity index (χ0n) is 19.7. The van der Waals surface area contributed by atoms with Gasteiger partial charge in [-0.1, -0.05) is 11.6 Å². The van der Waals surface area contributed by atoms with E-state index in [1.807, 2.05) is 6.07 Å². The van der Waals surface area contributed by atoms with Crippen LogP contribution in [0.5, 0.6) is 5.75 Å². The number of anilines is 5. The van der Waals surface area contributed by atoms with Crippen molar-refractivity contribution in [1.29, 1.82) is 0 Å². The van der Waals surface area contributed by atoms with Gasteiger partial charge in [0.05, 0.1) is 17.6 Å².